The molecule has 1 aromatic heterocycles. The molecule has 0 amide bonds. The average Bonchev–Trinajstić information content (AvgIpc) is 2.33. The molecule has 0 saturated heterocycles. The summed E-state index contributed by atoms with van der Waals surface area (Å²) in [6, 6.07) is 3.86. The molecule has 0 bridgehead atoms. The molecule has 0 aliphatic heterocycles. The minimum atomic E-state index is 0.771. The summed E-state index contributed by atoms with van der Waals surface area (Å²) in [5.41, 5.74) is 0. The Morgan fingerprint density at radius 2 is 2.17 bits per heavy atom. The van der Waals surface area contributed by atoms with Gasteiger partial charge in [0.2, 0.25) is 0 Å². The zero-order valence-corrected chi connectivity index (χ0v) is 9.90. The first-order valence-electron chi connectivity index (χ1n) is 3.23. The highest BCUT2D eigenvalue weighted by Gasteiger charge is 2.05. The number of fused-ring (bicyclic) bond motifs is 1. The fourth-order valence-corrected chi connectivity index (χ4v) is 3.28. The van der Waals surface area contributed by atoms with Gasteiger partial charge in [-0.1, -0.05) is 11.6 Å². The van der Waals surface area contributed by atoms with Gasteiger partial charge in [-0.25, -0.2) is 0 Å². The maximum Gasteiger partial charge on any atom is 0.0595 e. The van der Waals surface area contributed by atoms with Gasteiger partial charge in [0.1, 0.15) is 0 Å². The van der Waals surface area contributed by atoms with Crippen LogP contribution in [0.4, 0.5) is 0 Å². The molecule has 0 aliphatic rings. The SMILES string of the molecule is Sc1cc(Cl)c2scc(Br)c2c1. The number of halogens is 2. The van der Waals surface area contributed by atoms with Crippen LogP contribution in [-0.2, 0) is 0 Å². The van der Waals surface area contributed by atoms with E-state index in [2.05, 4.69) is 28.6 Å². The van der Waals surface area contributed by atoms with E-state index in [1.165, 1.54) is 0 Å². The summed E-state index contributed by atoms with van der Waals surface area (Å²) in [5, 5.41) is 3.94. The van der Waals surface area contributed by atoms with Crippen LogP contribution in [0.15, 0.2) is 26.9 Å². The largest absolute Gasteiger partial charge is 0.143 e. The second-order valence-electron chi connectivity index (χ2n) is 2.39. The van der Waals surface area contributed by atoms with Crippen molar-refractivity contribution in [1.29, 1.82) is 0 Å². The molecule has 2 rings (SSSR count). The van der Waals surface area contributed by atoms with Crippen LogP contribution in [0.2, 0.25) is 5.02 Å². The minimum absolute atomic E-state index is 0.771. The van der Waals surface area contributed by atoms with E-state index >= 15 is 0 Å². The lowest BCUT2D eigenvalue weighted by Crippen LogP contribution is -1.69. The van der Waals surface area contributed by atoms with Crippen LogP contribution in [-0.4, -0.2) is 0 Å². The molecule has 0 radical (unpaired) electrons. The van der Waals surface area contributed by atoms with Crippen LogP contribution in [0.5, 0.6) is 0 Å². The van der Waals surface area contributed by atoms with Crippen molar-refractivity contribution in [2.24, 2.45) is 0 Å². The Morgan fingerprint density at radius 1 is 1.42 bits per heavy atom. The summed E-state index contributed by atoms with van der Waals surface area (Å²) in [6.07, 6.45) is 0. The van der Waals surface area contributed by atoms with E-state index in [-0.39, 0.29) is 0 Å². The first-order valence-corrected chi connectivity index (χ1v) is 5.73. The predicted molar refractivity (Wildman–Crippen MR) is 61.8 cm³/mol. The third kappa shape index (κ3) is 1.39. The maximum absolute atomic E-state index is 6.02. The van der Waals surface area contributed by atoms with Crippen molar-refractivity contribution in [3.63, 3.8) is 0 Å². The molecule has 62 valence electrons. The fraction of sp³-hybridized carbons (Fsp3) is 0. The monoisotopic (exact) mass is 278 g/mol. The van der Waals surface area contributed by atoms with Crippen molar-refractivity contribution in [1.82, 2.24) is 0 Å². The Morgan fingerprint density at radius 3 is 2.92 bits per heavy atom. The molecule has 1 heterocycles. The number of thiophene rings is 1. The van der Waals surface area contributed by atoms with Crippen molar-refractivity contribution in [3.8, 4) is 0 Å². The van der Waals surface area contributed by atoms with Gasteiger partial charge in [-0.05, 0) is 28.1 Å². The Bertz CT molecular complexity index is 436. The van der Waals surface area contributed by atoms with Gasteiger partial charge in [0.25, 0.3) is 0 Å². The maximum atomic E-state index is 6.02. The normalized spacial score (nSPS) is 10.9. The lowest BCUT2D eigenvalue weighted by atomic mass is 10.3. The number of hydrogen-bond acceptors (Lipinski definition) is 2. The van der Waals surface area contributed by atoms with Crippen LogP contribution in [0.3, 0.4) is 0 Å². The van der Waals surface area contributed by atoms with E-state index in [1.807, 2.05) is 17.5 Å². The van der Waals surface area contributed by atoms with Gasteiger partial charge in [0, 0.05) is 20.1 Å². The lowest BCUT2D eigenvalue weighted by Gasteiger charge is -1.96. The van der Waals surface area contributed by atoms with Crippen LogP contribution in [0.25, 0.3) is 10.1 Å². The van der Waals surface area contributed by atoms with Crippen LogP contribution < -0.4 is 0 Å². The molecular formula is C8H4BrClS2. The predicted octanol–water partition coefficient (Wildman–Crippen LogP) is 4.61. The van der Waals surface area contributed by atoms with Crippen LogP contribution in [0.1, 0.15) is 0 Å². The molecule has 0 spiro atoms. The highest BCUT2D eigenvalue weighted by Crippen LogP contribution is 2.36. The van der Waals surface area contributed by atoms with Crippen molar-refractivity contribution in [3.05, 3.63) is 27.0 Å². The van der Waals surface area contributed by atoms with Gasteiger partial charge in [-0.15, -0.1) is 24.0 Å². The number of rotatable bonds is 0. The highest BCUT2D eigenvalue weighted by molar-refractivity contribution is 9.10. The Kier molecular flexibility index (Phi) is 2.38. The fourth-order valence-electron chi connectivity index (χ4n) is 1.05. The number of thiol groups is 1. The summed E-state index contributed by atoms with van der Waals surface area (Å²) in [5.74, 6) is 0. The molecule has 4 heteroatoms. The van der Waals surface area contributed by atoms with Crippen molar-refractivity contribution in [2.45, 2.75) is 4.90 Å². The Balaban J connectivity index is 2.92. The van der Waals surface area contributed by atoms with Gasteiger partial charge in [-0.3, -0.25) is 0 Å². The molecule has 0 nitrogen and oxygen atoms in total. The average molecular weight is 280 g/mol. The Labute approximate surface area is 93.1 Å². The van der Waals surface area contributed by atoms with E-state index < -0.39 is 0 Å². The second kappa shape index (κ2) is 3.22. The third-order valence-electron chi connectivity index (χ3n) is 1.57. The van der Waals surface area contributed by atoms with E-state index in [9.17, 15) is 0 Å². The van der Waals surface area contributed by atoms with E-state index in [1.54, 1.807) is 11.3 Å². The molecule has 12 heavy (non-hydrogen) atoms. The first kappa shape index (κ1) is 8.88. The minimum Gasteiger partial charge on any atom is -0.143 e. The molecular weight excluding hydrogens is 276 g/mol. The molecule has 2 aromatic rings. The van der Waals surface area contributed by atoms with Gasteiger partial charge in [0.15, 0.2) is 0 Å². The summed E-state index contributed by atoms with van der Waals surface area (Å²) in [7, 11) is 0. The quantitative estimate of drug-likeness (QED) is 0.669. The Hall–Kier alpha value is 0.300. The summed E-state index contributed by atoms with van der Waals surface area (Å²) < 4.78 is 2.20. The molecule has 0 aliphatic carbocycles. The number of benzene rings is 1. The zero-order valence-electron chi connectivity index (χ0n) is 5.84. The molecule has 0 unspecified atom stereocenters. The molecule has 0 saturated carbocycles. The van der Waals surface area contributed by atoms with E-state index in [0.717, 1.165) is 24.5 Å². The second-order valence-corrected chi connectivity index (χ2v) is 5.05. The smallest absolute Gasteiger partial charge is 0.0595 e. The van der Waals surface area contributed by atoms with Crippen molar-refractivity contribution < 1.29 is 0 Å². The topological polar surface area (TPSA) is 0 Å². The van der Waals surface area contributed by atoms with Crippen molar-refractivity contribution >= 4 is 61.6 Å². The molecule has 1 aromatic carbocycles. The zero-order chi connectivity index (χ0) is 8.72. The lowest BCUT2D eigenvalue weighted by molar-refractivity contribution is 1.54. The number of hydrogen-bond donors (Lipinski definition) is 1. The third-order valence-corrected chi connectivity index (χ3v) is 4.22. The first-order chi connectivity index (χ1) is 5.68. The van der Waals surface area contributed by atoms with Gasteiger partial charge >= 0.3 is 0 Å². The molecule has 0 fully saturated rings. The summed E-state index contributed by atoms with van der Waals surface area (Å²) in [6.45, 7) is 0. The van der Waals surface area contributed by atoms with E-state index in [4.69, 9.17) is 11.6 Å². The molecule has 0 atom stereocenters. The summed E-state index contributed by atoms with van der Waals surface area (Å²) in [4.78, 5) is 0.895. The van der Waals surface area contributed by atoms with Gasteiger partial charge < -0.3 is 0 Å². The van der Waals surface area contributed by atoms with Gasteiger partial charge in [0.05, 0.1) is 9.72 Å². The molecule has 0 N–H and O–H groups in total. The van der Waals surface area contributed by atoms with Crippen LogP contribution >= 0.6 is 51.5 Å². The standard InChI is InChI=1S/C8H4BrClS2/c9-6-3-12-8-5(6)1-4(11)2-7(8)10/h1-3,11H. The van der Waals surface area contributed by atoms with Crippen molar-refractivity contribution in [2.75, 3.05) is 0 Å². The van der Waals surface area contributed by atoms with Gasteiger partial charge in [-0.2, -0.15) is 0 Å². The highest BCUT2D eigenvalue weighted by atomic mass is 79.9. The van der Waals surface area contributed by atoms with E-state index in [0.29, 0.717) is 0 Å². The van der Waals surface area contributed by atoms with Crippen LogP contribution in [0, 0.1) is 0 Å². The summed E-state index contributed by atoms with van der Waals surface area (Å²) >= 11 is 15.4.